The molecule has 1 aromatic carbocycles. The van der Waals surface area contributed by atoms with E-state index in [0.717, 1.165) is 6.07 Å². The van der Waals surface area contributed by atoms with E-state index in [4.69, 9.17) is 11.6 Å². The van der Waals surface area contributed by atoms with Gasteiger partial charge in [-0.3, -0.25) is 4.79 Å². The molecule has 0 aliphatic carbocycles. The van der Waals surface area contributed by atoms with Crippen molar-refractivity contribution in [3.63, 3.8) is 0 Å². The molecule has 0 saturated carbocycles. The lowest BCUT2D eigenvalue weighted by Crippen LogP contribution is -2.43. The SMILES string of the molecule is CC(C)N(CC(F)(F)F)C(=O)c1cc(Cl)ccc1O. The van der Waals surface area contributed by atoms with Crippen LogP contribution in [0.4, 0.5) is 13.2 Å². The zero-order valence-corrected chi connectivity index (χ0v) is 11.1. The maximum atomic E-state index is 12.4. The van der Waals surface area contributed by atoms with Crippen LogP contribution in [0.3, 0.4) is 0 Å². The summed E-state index contributed by atoms with van der Waals surface area (Å²) in [5, 5.41) is 9.71. The second-order valence-electron chi connectivity index (χ2n) is 4.30. The largest absolute Gasteiger partial charge is 0.507 e. The van der Waals surface area contributed by atoms with Gasteiger partial charge in [0.1, 0.15) is 12.3 Å². The van der Waals surface area contributed by atoms with Crippen LogP contribution < -0.4 is 0 Å². The number of alkyl halides is 3. The molecule has 0 fully saturated rings. The number of phenolic OH excluding ortho intramolecular Hbond substituents is 1. The number of phenols is 1. The van der Waals surface area contributed by atoms with Crippen molar-refractivity contribution < 1.29 is 23.1 Å². The molecule has 0 aliphatic heterocycles. The number of carbonyl (C=O) groups excluding carboxylic acids is 1. The van der Waals surface area contributed by atoms with E-state index >= 15 is 0 Å². The highest BCUT2D eigenvalue weighted by Gasteiger charge is 2.35. The van der Waals surface area contributed by atoms with Gasteiger partial charge in [-0.05, 0) is 32.0 Å². The van der Waals surface area contributed by atoms with Gasteiger partial charge in [-0.15, -0.1) is 0 Å². The lowest BCUT2D eigenvalue weighted by molar-refractivity contribution is -0.143. The Bertz CT molecular complexity index is 475. The Kier molecular flexibility index (Phi) is 4.68. The van der Waals surface area contributed by atoms with Gasteiger partial charge >= 0.3 is 6.18 Å². The first-order valence-corrected chi connectivity index (χ1v) is 5.86. The first kappa shape index (κ1) is 15.6. The summed E-state index contributed by atoms with van der Waals surface area (Å²) in [4.78, 5) is 12.7. The van der Waals surface area contributed by atoms with Crippen LogP contribution in [0.2, 0.25) is 5.02 Å². The highest BCUT2D eigenvalue weighted by Crippen LogP contribution is 2.26. The number of hydrogen-bond acceptors (Lipinski definition) is 2. The van der Waals surface area contributed by atoms with Gasteiger partial charge in [-0.2, -0.15) is 13.2 Å². The van der Waals surface area contributed by atoms with Gasteiger partial charge in [-0.1, -0.05) is 11.6 Å². The van der Waals surface area contributed by atoms with Crippen molar-refractivity contribution in [2.45, 2.75) is 26.1 Å². The second-order valence-corrected chi connectivity index (χ2v) is 4.74. The summed E-state index contributed by atoms with van der Waals surface area (Å²) < 4.78 is 37.3. The normalized spacial score (nSPS) is 11.7. The van der Waals surface area contributed by atoms with E-state index < -0.39 is 30.4 Å². The molecule has 1 aromatic rings. The summed E-state index contributed by atoms with van der Waals surface area (Å²) in [5.74, 6) is -1.31. The number of halogens is 4. The number of nitrogens with zero attached hydrogens (tertiary/aromatic N) is 1. The van der Waals surface area contributed by atoms with Crippen molar-refractivity contribution in [2.75, 3.05) is 6.54 Å². The quantitative estimate of drug-likeness (QED) is 0.928. The van der Waals surface area contributed by atoms with Crippen molar-refractivity contribution in [2.24, 2.45) is 0 Å². The van der Waals surface area contributed by atoms with Crippen molar-refractivity contribution in [1.82, 2.24) is 4.90 Å². The van der Waals surface area contributed by atoms with Crippen molar-refractivity contribution in [3.8, 4) is 5.75 Å². The summed E-state index contributed by atoms with van der Waals surface area (Å²) in [5.41, 5.74) is -0.245. The molecule has 19 heavy (non-hydrogen) atoms. The third-order valence-electron chi connectivity index (χ3n) is 2.42. The molecule has 0 bridgehead atoms. The van der Waals surface area contributed by atoms with Gasteiger partial charge < -0.3 is 10.0 Å². The fourth-order valence-electron chi connectivity index (χ4n) is 1.52. The van der Waals surface area contributed by atoms with Gasteiger partial charge in [0.05, 0.1) is 5.56 Å². The third-order valence-corrected chi connectivity index (χ3v) is 2.66. The molecule has 7 heteroatoms. The monoisotopic (exact) mass is 295 g/mol. The Morgan fingerprint density at radius 3 is 2.47 bits per heavy atom. The highest BCUT2D eigenvalue weighted by atomic mass is 35.5. The Balaban J connectivity index is 3.09. The molecule has 0 radical (unpaired) electrons. The topological polar surface area (TPSA) is 40.5 Å². The number of carbonyl (C=O) groups is 1. The predicted molar refractivity (Wildman–Crippen MR) is 65.3 cm³/mol. The molecule has 1 N–H and O–H groups in total. The fraction of sp³-hybridized carbons (Fsp3) is 0.417. The summed E-state index contributed by atoms with van der Waals surface area (Å²) in [6.45, 7) is 1.55. The van der Waals surface area contributed by atoms with Gasteiger partial charge in [0.25, 0.3) is 5.91 Å². The molecule has 0 atom stereocenters. The molecule has 3 nitrogen and oxygen atoms in total. The molecule has 1 rings (SSSR count). The highest BCUT2D eigenvalue weighted by molar-refractivity contribution is 6.31. The fourth-order valence-corrected chi connectivity index (χ4v) is 1.69. The summed E-state index contributed by atoms with van der Waals surface area (Å²) in [6, 6.07) is 3.00. The van der Waals surface area contributed by atoms with E-state index in [1.54, 1.807) is 0 Å². The average Bonchev–Trinajstić information content (AvgIpc) is 2.27. The van der Waals surface area contributed by atoms with E-state index in [1.807, 2.05) is 0 Å². The number of amides is 1. The molecule has 0 spiro atoms. The Morgan fingerprint density at radius 1 is 1.42 bits per heavy atom. The number of hydrogen-bond donors (Lipinski definition) is 1. The number of benzene rings is 1. The van der Waals surface area contributed by atoms with Crippen LogP contribution in [-0.2, 0) is 0 Å². The molecule has 0 unspecified atom stereocenters. The van der Waals surface area contributed by atoms with Crippen LogP contribution >= 0.6 is 11.6 Å². The van der Waals surface area contributed by atoms with E-state index in [-0.39, 0.29) is 10.6 Å². The zero-order valence-electron chi connectivity index (χ0n) is 10.3. The first-order chi connectivity index (χ1) is 8.61. The molecule has 0 aromatic heterocycles. The molecule has 1 amide bonds. The summed E-state index contributed by atoms with van der Waals surface area (Å²) >= 11 is 5.67. The molecule has 0 aliphatic rings. The van der Waals surface area contributed by atoms with Gasteiger partial charge in [-0.25, -0.2) is 0 Å². The Morgan fingerprint density at radius 2 is 2.00 bits per heavy atom. The van der Waals surface area contributed by atoms with Crippen molar-refractivity contribution in [1.29, 1.82) is 0 Å². The van der Waals surface area contributed by atoms with Crippen LogP contribution in [0.25, 0.3) is 0 Å². The molecule has 106 valence electrons. The molecular weight excluding hydrogens is 283 g/mol. The Labute approximate surface area is 113 Å². The van der Waals surface area contributed by atoms with Crippen molar-refractivity contribution >= 4 is 17.5 Å². The average molecular weight is 296 g/mol. The number of rotatable bonds is 3. The molecule has 0 saturated heterocycles. The van der Waals surface area contributed by atoms with Crippen LogP contribution in [0.15, 0.2) is 18.2 Å². The van der Waals surface area contributed by atoms with Crippen LogP contribution in [0, 0.1) is 0 Å². The Hall–Kier alpha value is -1.43. The standard InChI is InChI=1S/C12H13ClF3NO2/c1-7(2)17(6-12(14,15)16)11(19)9-5-8(13)3-4-10(9)18/h3-5,7,18H,6H2,1-2H3. The predicted octanol–water partition coefficient (Wildman–Crippen LogP) is 3.46. The van der Waals surface area contributed by atoms with E-state index in [9.17, 15) is 23.1 Å². The summed E-state index contributed by atoms with van der Waals surface area (Å²) in [7, 11) is 0. The third kappa shape index (κ3) is 4.31. The maximum absolute atomic E-state index is 12.4. The number of aromatic hydroxyl groups is 1. The lowest BCUT2D eigenvalue weighted by atomic mass is 10.1. The maximum Gasteiger partial charge on any atom is 0.406 e. The van der Waals surface area contributed by atoms with Gasteiger partial charge in [0.2, 0.25) is 0 Å². The van der Waals surface area contributed by atoms with E-state index in [2.05, 4.69) is 0 Å². The van der Waals surface area contributed by atoms with Crippen LogP contribution in [-0.4, -0.2) is 34.7 Å². The minimum atomic E-state index is -4.51. The lowest BCUT2D eigenvalue weighted by Gasteiger charge is -2.28. The minimum absolute atomic E-state index is 0.164. The first-order valence-electron chi connectivity index (χ1n) is 5.48. The second kappa shape index (κ2) is 5.69. The van der Waals surface area contributed by atoms with E-state index in [0.29, 0.717) is 4.90 Å². The molecular formula is C12H13ClF3NO2. The summed E-state index contributed by atoms with van der Waals surface area (Å²) in [6.07, 6.45) is -4.51. The van der Waals surface area contributed by atoms with Gasteiger partial charge in [0.15, 0.2) is 0 Å². The van der Waals surface area contributed by atoms with Crippen LogP contribution in [0.5, 0.6) is 5.75 Å². The van der Waals surface area contributed by atoms with Gasteiger partial charge in [0, 0.05) is 11.1 Å². The van der Waals surface area contributed by atoms with E-state index in [1.165, 1.54) is 26.0 Å². The van der Waals surface area contributed by atoms with Crippen LogP contribution in [0.1, 0.15) is 24.2 Å². The minimum Gasteiger partial charge on any atom is -0.507 e. The molecule has 0 heterocycles. The van der Waals surface area contributed by atoms with Crippen molar-refractivity contribution in [3.05, 3.63) is 28.8 Å². The zero-order chi connectivity index (χ0) is 14.8. The smallest absolute Gasteiger partial charge is 0.406 e.